The van der Waals surface area contributed by atoms with E-state index in [2.05, 4.69) is 21.2 Å². The molecule has 0 radical (unpaired) electrons. The van der Waals surface area contributed by atoms with E-state index in [0.717, 1.165) is 19.9 Å². The predicted molar refractivity (Wildman–Crippen MR) is 179 cm³/mol. The molecule has 0 saturated carbocycles. The Hall–Kier alpha value is -3.37. The fourth-order valence-corrected chi connectivity index (χ4v) is 6.59. The SMILES string of the molecule is CC(C)NC(=O)[C@@H](Cc1ccccc1)N(Cc1ccc(Br)cc1)C(=O)CN(c1ccc(Cl)c(Cl)c1)S(=O)(=O)c1ccccc1. The number of hydrogen-bond donors (Lipinski definition) is 1. The molecule has 0 unspecified atom stereocenters. The molecule has 0 spiro atoms. The molecule has 230 valence electrons. The van der Waals surface area contributed by atoms with Crippen molar-refractivity contribution in [2.75, 3.05) is 10.8 Å². The Bertz CT molecular complexity index is 1690. The Morgan fingerprint density at radius 2 is 1.43 bits per heavy atom. The molecule has 4 aromatic carbocycles. The third kappa shape index (κ3) is 8.63. The zero-order valence-electron chi connectivity index (χ0n) is 24.2. The van der Waals surface area contributed by atoms with Crippen LogP contribution >= 0.6 is 39.1 Å². The number of anilines is 1. The van der Waals surface area contributed by atoms with E-state index in [4.69, 9.17) is 23.2 Å². The summed E-state index contributed by atoms with van der Waals surface area (Å²) < 4.78 is 29.9. The molecule has 44 heavy (non-hydrogen) atoms. The van der Waals surface area contributed by atoms with Crippen molar-refractivity contribution >= 4 is 66.7 Å². The highest BCUT2D eigenvalue weighted by Gasteiger charge is 2.35. The van der Waals surface area contributed by atoms with Crippen LogP contribution in [0.15, 0.2) is 112 Å². The number of carbonyl (C=O) groups is 2. The van der Waals surface area contributed by atoms with E-state index in [-0.39, 0.29) is 45.5 Å². The molecule has 0 aliphatic rings. The summed E-state index contributed by atoms with van der Waals surface area (Å²) in [7, 11) is -4.24. The minimum Gasteiger partial charge on any atom is -0.352 e. The number of benzene rings is 4. The van der Waals surface area contributed by atoms with Crippen molar-refractivity contribution in [1.82, 2.24) is 10.2 Å². The van der Waals surface area contributed by atoms with E-state index < -0.39 is 28.5 Å². The maximum Gasteiger partial charge on any atom is 0.264 e. The van der Waals surface area contributed by atoms with Crippen molar-refractivity contribution in [3.05, 3.63) is 129 Å². The molecule has 1 N–H and O–H groups in total. The van der Waals surface area contributed by atoms with E-state index in [1.54, 1.807) is 18.2 Å². The van der Waals surface area contributed by atoms with Gasteiger partial charge in [-0.2, -0.15) is 0 Å². The zero-order chi connectivity index (χ0) is 31.9. The molecule has 0 bridgehead atoms. The van der Waals surface area contributed by atoms with Gasteiger partial charge in [-0.15, -0.1) is 0 Å². The van der Waals surface area contributed by atoms with Crippen LogP contribution in [0.4, 0.5) is 5.69 Å². The van der Waals surface area contributed by atoms with E-state index in [0.29, 0.717) is 0 Å². The van der Waals surface area contributed by atoms with Gasteiger partial charge < -0.3 is 10.2 Å². The van der Waals surface area contributed by atoms with Crippen molar-refractivity contribution in [2.45, 2.75) is 43.8 Å². The fraction of sp³-hybridized carbons (Fsp3) is 0.212. The van der Waals surface area contributed by atoms with Crippen molar-refractivity contribution < 1.29 is 18.0 Å². The molecular weight excluding hydrogens is 685 g/mol. The van der Waals surface area contributed by atoms with Crippen molar-refractivity contribution in [2.24, 2.45) is 0 Å². The van der Waals surface area contributed by atoms with Crippen LogP contribution in [0.1, 0.15) is 25.0 Å². The largest absolute Gasteiger partial charge is 0.352 e. The van der Waals surface area contributed by atoms with Crippen LogP contribution in [0.25, 0.3) is 0 Å². The van der Waals surface area contributed by atoms with Crippen molar-refractivity contribution in [3.8, 4) is 0 Å². The Balaban J connectivity index is 1.81. The van der Waals surface area contributed by atoms with E-state index >= 15 is 0 Å². The van der Waals surface area contributed by atoms with Gasteiger partial charge in [0.05, 0.1) is 20.6 Å². The standard InChI is InChI=1S/C33H32BrCl2N3O4S/c1-23(2)37-33(41)31(19-24-9-5-3-6-10-24)38(21-25-13-15-26(34)16-14-25)32(40)22-39(27-17-18-29(35)30(36)20-27)44(42,43)28-11-7-4-8-12-28/h3-18,20,23,31H,19,21-22H2,1-2H3,(H,37,41)/t31-/m1/s1. The van der Waals surface area contributed by atoms with Gasteiger partial charge in [-0.3, -0.25) is 13.9 Å². The Kier molecular flexibility index (Phi) is 11.5. The smallest absolute Gasteiger partial charge is 0.264 e. The van der Waals surface area contributed by atoms with E-state index in [1.807, 2.05) is 68.4 Å². The first-order valence-corrected chi connectivity index (χ1v) is 16.9. The number of carbonyl (C=O) groups excluding carboxylic acids is 2. The van der Waals surface area contributed by atoms with Crippen LogP contribution in [-0.2, 0) is 32.6 Å². The van der Waals surface area contributed by atoms with Gasteiger partial charge in [0.25, 0.3) is 10.0 Å². The molecule has 7 nitrogen and oxygen atoms in total. The number of sulfonamides is 1. The summed E-state index contributed by atoms with van der Waals surface area (Å²) in [6.07, 6.45) is 0.222. The van der Waals surface area contributed by atoms with Crippen LogP contribution in [0.3, 0.4) is 0 Å². The maximum absolute atomic E-state index is 14.4. The summed E-state index contributed by atoms with van der Waals surface area (Å²) in [5, 5.41) is 3.32. The number of nitrogens with one attached hydrogen (secondary N) is 1. The quantitative estimate of drug-likeness (QED) is 0.169. The molecule has 2 amide bonds. The Morgan fingerprint density at radius 3 is 2.02 bits per heavy atom. The molecule has 0 heterocycles. The summed E-state index contributed by atoms with van der Waals surface area (Å²) in [5.41, 5.74) is 1.78. The van der Waals surface area contributed by atoms with E-state index in [1.165, 1.54) is 35.2 Å². The minimum absolute atomic E-state index is 0.00304. The van der Waals surface area contributed by atoms with Crippen LogP contribution in [0.2, 0.25) is 10.0 Å². The van der Waals surface area contributed by atoms with Gasteiger partial charge in [-0.05, 0) is 67.4 Å². The zero-order valence-corrected chi connectivity index (χ0v) is 28.1. The second-order valence-corrected chi connectivity index (χ2v) is 14.0. The molecule has 4 aromatic rings. The predicted octanol–water partition coefficient (Wildman–Crippen LogP) is 7.12. The number of halogens is 3. The highest BCUT2D eigenvalue weighted by atomic mass is 79.9. The molecule has 11 heteroatoms. The molecule has 0 saturated heterocycles. The van der Waals surface area contributed by atoms with Gasteiger partial charge in [-0.25, -0.2) is 8.42 Å². The first kappa shape index (κ1) is 33.5. The number of hydrogen-bond acceptors (Lipinski definition) is 4. The molecule has 0 aliphatic heterocycles. The van der Waals surface area contributed by atoms with Crippen LogP contribution in [-0.4, -0.2) is 43.8 Å². The lowest BCUT2D eigenvalue weighted by molar-refractivity contribution is -0.140. The summed E-state index contributed by atoms with van der Waals surface area (Å²) in [5.74, 6) is -0.917. The third-order valence-electron chi connectivity index (χ3n) is 6.77. The minimum atomic E-state index is -4.24. The highest BCUT2D eigenvalue weighted by molar-refractivity contribution is 9.10. The van der Waals surface area contributed by atoms with Gasteiger partial charge in [0, 0.05) is 23.5 Å². The lowest BCUT2D eigenvalue weighted by atomic mass is 10.0. The molecule has 0 aliphatic carbocycles. The molecule has 0 aromatic heterocycles. The van der Waals surface area contributed by atoms with Gasteiger partial charge in [0.15, 0.2) is 0 Å². The number of rotatable bonds is 12. The van der Waals surface area contributed by atoms with Crippen LogP contribution in [0.5, 0.6) is 0 Å². The topological polar surface area (TPSA) is 86.8 Å². The first-order valence-electron chi connectivity index (χ1n) is 13.9. The number of nitrogens with zero attached hydrogens (tertiary/aromatic N) is 2. The van der Waals surface area contributed by atoms with Gasteiger partial charge >= 0.3 is 0 Å². The maximum atomic E-state index is 14.4. The first-order chi connectivity index (χ1) is 21.0. The summed E-state index contributed by atoms with van der Waals surface area (Å²) in [4.78, 5) is 29.6. The summed E-state index contributed by atoms with van der Waals surface area (Å²) in [6.45, 7) is 3.16. The summed E-state index contributed by atoms with van der Waals surface area (Å²) >= 11 is 15.9. The number of amides is 2. The lowest BCUT2D eigenvalue weighted by Gasteiger charge is -2.34. The monoisotopic (exact) mass is 715 g/mol. The molecular formula is C33H32BrCl2N3O4S. The average molecular weight is 718 g/mol. The third-order valence-corrected chi connectivity index (χ3v) is 9.83. The summed E-state index contributed by atoms with van der Waals surface area (Å²) in [6, 6.07) is 27.9. The Morgan fingerprint density at radius 1 is 0.818 bits per heavy atom. The Labute approximate surface area is 277 Å². The molecule has 0 fully saturated rings. The second-order valence-electron chi connectivity index (χ2n) is 10.4. The van der Waals surface area contributed by atoms with Crippen molar-refractivity contribution in [1.29, 1.82) is 0 Å². The van der Waals surface area contributed by atoms with Crippen molar-refractivity contribution in [3.63, 3.8) is 0 Å². The lowest BCUT2D eigenvalue weighted by Crippen LogP contribution is -2.54. The highest BCUT2D eigenvalue weighted by Crippen LogP contribution is 2.31. The van der Waals surface area contributed by atoms with Crippen LogP contribution < -0.4 is 9.62 Å². The molecule has 4 rings (SSSR count). The molecule has 1 atom stereocenters. The van der Waals surface area contributed by atoms with Gasteiger partial charge in [-0.1, -0.05) is 99.8 Å². The second kappa shape index (κ2) is 15.1. The van der Waals surface area contributed by atoms with Crippen LogP contribution in [0, 0.1) is 0 Å². The van der Waals surface area contributed by atoms with E-state index in [9.17, 15) is 18.0 Å². The van der Waals surface area contributed by atoms with Gasteiger partial charge in [0.2, 0.25) is 11.8 Å². The fourth-order valence-electron chi connectivity index (χ4n) is 4.61. The average Bonchev–Trinajstić information content (AvgIpc) is 3.00. The van der Waals surface area contributed by atoms with Gasteiger partial charge in [0.1, 0.15) is 12.6 Å². The normalized spacial score (nSPS) is 12.0.